The molecule has 1 atom stereocenters. The number of amides is 2. The van der Waals surface area contributed by atoms with E-state index in [-0.39, 0.29) is 29.9 Å². The molecule has 10 heteroatoms. The smallest absolute Gasteiger partial charge is 0.261 e. The Balaban J connectivity index is 1.34. The van der Waals surface area contributed by atoms with Crippen molar-refractivity contribution in [2.75, 3.05) is 6.54 Å². The Morgan fingerprint density at radius 3 is 2.56 bits per heavy atom. The molecule has 0 radical (unpaired) electrons. The van der Waals surface area contributed by atoms with Gasteiger partial charge in [-0.25, -0.2) is 13.2 Å². The summed E-state index contributed by atoms with van der Waals surface area (Å²) in [4.78, 5) is 34.1. The van der Waals surface area contributed by atoms with Crippen molar-refractivity contribution in [3.63, 3.8) is 0 Å². The lowest BCUT2D eigenvalue weighted by molar-refractivity contribution is 0.0776. The highest BCUT2D eigenvalue weighted by Crippen LogP contribution is 2.46. The van der Waals surface area contributed by atoms with E-state index < -0.39 is 17.5 Å². The van der Waals surface area contributed by atoms with Crippen LogP contribution in [0.25, 0.3) is 10.4 Å². The zero-order valence-electron chi connectivity index (χ0n) is 21.7. The summed E-state index contributed by atoms with van der Waals surface area (Å²) in [5.41, 5.74) is 3.70. The molecule has 2 aliphatic heterocycles. The highest BCUT2D eigenvalue weighted by atomic mass is 32.1. The Kier molecular flexibility index (Phi) is 7.05. The van der Waals surface area contributed by atoms with Crippen LogP contribution in [0, 0.1) is 28.8 Å². The van der Waals surface area contributed by atoms with Gasteiger partial charge in [-0.05, 0) is 73.2 Å². The van der Waals surface area contributed by atoms with Crippen molar-refractivity contribution in [2.45, 2.75) is 38.3 Å². The summed E-state index contributed by atoms with van der Waals surface area (Å²) in [6, 6.07) is 15.1. The number of hydrogen-bond acceptors (Lipinski definition) is 5. The molecule has 0 saturated carbocycles. The number of carbonyl (C=O) groups excluding carboxylic acids is 2. The number of aromatic nitrogens is 1. The quantitative estimate of drug-likeness (QED) is 0.290. The van der Waals surface area contributed by atoms with Gasteiger partial charge in [-0.15, -0.1) is 11.3 Å². The van der Waals surface area contributed by atoms with Gasteiger partial charge in [0.25, 0.3) is 11.8 Å². The number of nitrogens with one attached hydrogen (secondary N) is 1. The molecule has 2 aromatic carbocycles. The number of halogens is 3. The van der Waals surface area contributed by atoms with E-state index in [9.17, 15) is 28.0 Å². The van der Waals surface area contributed by atoms with Gasteiger partial charge in [0.05, 0.1) is 33.4 Å². The first kappa shape index (κ1) is 26.7. The first-order chi connectivity index (χ1) is 19.8. The van der Waals surface area contributed by atoms with Crippen LogP contribution in [0.5, 0.6) is 0 Å². The molecule has 6 nitrogen and oxygen atoms in total. The average molecular weight is 573 g/mol. The van der Waals surface area contributed by atoms with Crippen LogP contribution in [0.3, 0.4) is 0 Å². The Hall–Kier alpha value is -4.49. The summed E-state index contributed by atoms with van der Waals surface area (Å²) in [5, 5.41) is 13.0. The summed E-state index contributed by atoms with van der Waals surface area (Å²) in [6.45, 7) is 0.619. The van der Waals surface area contributed by atoms with E-state index in [0.29, 0.717) is 57.2 Å². The maximum atomic E-state index is 13.6. The molecular weight excluding hydrogens is 549 g/mol. The first-order valence-electron chi connectivity index (χ1n) is 13.2. The Morgan fingerprint density at radius 1 is 1.02 bits per heavy atom. The molecule has 0 bridgehead atoms. The van der Waals surface area contributed by atoms with Crippen molar-refractivity contribution >= 4 is 23.2 Å². The minimum Gasteiger partial charge on any atom is -0.347 e. The summed E-state index contributed by atoms with van der Waals surface area (Å²) in [7, 11) is 0. The van der Waals surface area contributed by atoms with Gasteiger partial charge in [0, 0.05) is 23.5 Å². The van der Waals surface area contributed by atoms with Gasteiger partial charge >= 0.3 is 0 Å². The maximum Gasteiger partial charge on any atom is 0.261 e. The number of thiophene rings is 1. The van der Waals surface area contributed by atoms with Crippen molar-refractivity contribution in [3.05, 3.63) is 111 Å². The second kappa shape index (κ2) is 10.8. The van der Waals surface area contributed by atoms with Crippen molar-refractivity contribution in [1.82, 2.24) is 15.2 Å². The van der Waals surface area contributed by atoms with E-state index in [1.54, 1.807) is 29.2 Å². The van der Waals surface area contributed by atoms with Crippen LogP contribution in [0.2, 0.25) is 0 Å². The minimum absolute atomic E-state index is 0.0000268. The number of nitrogens with zero attached hydrogens (tertiary/aromatic N) is 3. The van der Waals surface area contributed by atoms with Gasteiger partial charge in [-0.2, -0.15) is 5.26 Å². The highest BCUT2D eigenvalue weighted by Gasteiger charge is 2.44. The molecule has 2 amide bonds. The van der Waals surface area contributed by atoms with E-state index in [2.05, 4.69) is 11.4 Å². The van der Waals surface area contributed by atoms with E-state index in [1.165, 1.54) is 18.2 Å². The van der Waals surface area contributed by atoms with Crippen LogP contribution >= 0.6 is 11.3 Å². The number of benzene rings is 2. The molecule has 2 aromatic heterocycles. The van der Waals surface area contributed by atoms with E-state index in [0.717, 1.165) is 41.9 Å². The Bertz CT molecular complexity index is 1730. The van der Waals surface area contributed by atoms with Crippen molar-refractivity contribution in [3.8, 4) is 16.5 Å². The van der Waals surface area contributed by atoms with Crippen molar-refractivity contribution in [2.24, 2.45) is 0 Å². The zero-order valence-corrected chi connectivity index (χ0v) is 22.5. The van der Waals surface area contributed by atoms with Gasteiger partial charge in [0.1, 0.15) is 11.9 Å². The van der Waals surface area contributed by atoms with Crippen molar-refractivity contribution < 1.29 is 22.8 Å². The molecule has 0 aliphatic carbocycles. The molecule has 1 N–H and O–H groups in total. The fraction of sp³-hybridized carbons (Fsp3) is 0.226. The van der Waals surface area contributed by atoms with Crippen molar-refractivity contribution in [1.29, 1.82) is 5.26 Å². The second-order valence-electron chi connectivity index (χ2n) is 10.1. The molecule has 206 valence electrons. The second-order valence-corrected chi connectivity index (χ2v) is 11.1. The SMILES string of the molecule is N#Cc1c(CCc2ccc(F)cc2)nc2c(c1-c1ccc(C(=O)NCc3ccc(F)c(F)c3)s1)C(=O)N1CCCC21. The third-order valence-corrected chi connectivity index (χ3v) is 8.63. The number of aryl methyl sites for hydroxylation is 2. The van der Waals surface area contributed by atoms with E-state index in [4.69, 9.17) is 4.98 Å². The highest BCUT2D eigenvalue weighted by molar-refractivity contribution is 7.17. The normalized spacial score (nSPS) is 15.5. The molecule has 41 heavy (non-hydrogen) atoms. The van der Waals surface area contributed by atoms with Gasteiger partial charge in [0.15, 0.2) is 11.6 Å². The predicted octanol–water partition coefficient (Wildman–Crippen LogP) is 6.10. The molecule has 0 spiro atoms. The summed E-state index contributed by atoms with van der Waals surface area (Å²) >= 11 is 1.15. The van der Waals surface area contributed by atoms with Gasteiger partial charge in [0.2, 0.25) is 0 Å². The number of fused-ring (bicyclic) bond motifs is 3. The molecule has 2 aliphatic rings. The van der Waals surface area contributed by atoms with E-state index in [1.807, 2.05) is 0 Å². The minimum atomic E-state index is -0.994. The number of pyridine rings is 1. The van der Waals surface area contributed by atoms with Crippen LogP contribution in [0.15, 0.2) is 54.6 Å². The number of nitriles is 1. The maximum absolute atomic E-state index is 13.6. The number of rotatable bonds is 7. The Morgan fingerprint density at radius 2 is 1.80 bits per heavy atom. The monoisotopic (exact) mass is 572 g/mol. The predicted molar refractivity (Wildman–Crippen MR) is 147 cm³/mol. The van der Waals surface area contributed by atoms with Crippen LogP contribution in [0.1, 0.15) is 67.0 Å². The van der Waals surface area contributed by atoms with Crippen LogP contribution in [0.4, 0.5) is 13.2 Å². The first-order valence-corrected chi connectivity index (χ1v) is 14.0. The zero-order chi connectivity index (χ0) is 28.7. The molecule has 4 heterocycles. The summed E-state index contributed by atoms with van der Waals surface area (Å²) in [6.07, 6.45) is 2.61. The van der Waals surface area contributed by atoms with E-state index >= 15 is 0 Å². The van der Waals surface area contributed by atoms with Gasteiger partial charge < -0.3 is 10.2 Å². The fourth-order valence-corrected chi connectivity index (χ4v) is 6.50. The number of carbonyl (C=O) groups is 2. The molecule has 1 unspecified atom stereocenters. The molecule has 6 rings (SSSR count). The summed E-state index contributed by atoms with van der Waals surface area (Å²) < 4.78 is 40.2. The standard InChI is InChI=1S/C31H23F3N4O2S/c32-19-7-3-17(4-8-19)6-10-23-20(15-35)27(28-29(37-23)24-2-1-13-38(24)31(28)40)25-11-12-26(41-25)30(39)36-16-18-5-9-21(33)22(34)14-18/h3-5,7-9,11-12,14,24H,1-2,6,10,13,16H2,(H,36,39). The fourth-order valence-electron chi connectivity index (χ4n) is 5.52. The average Bonchev–Trinajstić information content (AvgIpc) is 3.71. The third-order valence-electron chi connectivity index (χ3n) is 7.53. The number of hydrogen-bond donors (Lipinski definition) is 1. The molecular formula is C31H23F3N4O2S. The molecule has 1 fully saturated rings. The largest absolute Gasteiger partial charge is 0.347 e. The molecule has 4 aromatic rings. The van der Waals surface area contributed by atoms with Crippen LogP contribution < -0.4 is 5.32 Å². The lowest BCUT2D eigenvalue weighted by Crippen LogP contribution is -2.23. The van der Waals surface area contributed by atoms with Gasteiger partial charge in [-0.3, -0.25) is 14.6 Å². The Labute approximate surface area is 238 Å². The lowest BCUT2D eigenvalue weighted by atomic mass is 9.94. The summed E-state index contributed by atoms with van der Waals surface area (Å²) in [5.74, 6) is -2.87. The van der Waals surface area contributed by atoms with Gasteiger partial charge in [-0.1, -0.05) is 18.2 Å². The van der Waals surface area contributed by atoms with Crippen LogP contribution in [-0.2, 0) is 19.4 Å². The lowest BCUT2D eigenvalue weighted by Gasteiger charge is -2.14. The van der Waals surface area contributed by atoms with Crippen LogP contribution in [-0.4, -0.2) is 28.2 Å². The third kappa shape index (κ3) is 4.98. The molecule has 1 saturated heterocycles. The topological polar surface area (TPSA) is 86.1 Å².